The summed E-state index contributed by atoms with van der Waals surface area (Å²) in [7, 11) is 0. The highest BCUT2D eigenvalue weighted by molar-refractivity contribution is 7.99. The molecule has 0 aliphatic rings. The summed E-state index contributed by atoms with van der Waals surface area (Å²) in [6.07, 6.45) is 0.249. The van der Waals surface area contributed by atoms with Crippen molar-refractivity contribution in [3.8, 4) is 5.88 Å². The molecule has 0 radical (unpaired) electrons. The number of Topliss-reactive ketones (excluding diaryl/α,β-unsaturated/α-hetero) is 1. The van der Waals surface area contributed by atoms with E-state index in [0.29, 0.717) is 34.7 Å². The second-order valence-corrected chi connectivity index (χ2v) is 8.96. The molecule has 36 heavy (non-hydrogen) atoms. The minimum atomic E-state index is -1.17. The molecule has 3 N–H and O–H groups in total. The summed E-state index contributed by atoms with van der Waals surface area (Å²) < 4.78 is 7.56. The molecular weight excluding hydrogens is 480 g/mol. The molecule has 184 valence electrons. The van der Waals surface area contributed by atoms with E-state index in [9.17, 15) is 19.5 Å². The van der Waals surface area contributed by atoms with Gasteiger partial charge in [-0.15, -0.1) is 0 Å². The number of amides is 1. The van der Waals surface area contributed by atoms with Crippen LogP contribution in [0.25, 0.3) is 11.0 Å². The molecule has 1 amide bonds. The van der Waals surface area contributed by atoms with E-state index in [1.807, 2.05) is 72.2 Å². The molecule has 10 heteroatoms. The first-order valence-corrected chi connectivity index (χ1v) is 12.0. The monoisotopic (exact) mass is 504 g/mol. The summed E-state index contributed by atoms with van der Waals surface area (Å²) in [4.78, 5) is 45.5. The van der Waals surface area contributed by atoms with Crippen molar-refractivity contribution in [2.45, 2.75) is 36.4 Å². The Morgan fingerprint density at radius 2 is 1.69 bits per heavy atom. The van der Waals surface area contributed by atoms with E-state index in [0.717, 1.165) is 16.2 Å². The van der Waals surface area contributed by atoms with Crippen LogP contribution < -0.4 is 10.5 Å². The Kier molecular flexibility index (Phi) is 7.65. The van der Waals surface area contributed by atoms with Crippen molar-refractivity contribution in [1.29, 1.82) is 0 Å². The number of carboxylic acids is 1. The Bertz CT molecular complexity index is 1420. The van der Waals surface area contributed by atoms with E-state index < -0.39 is 24.3 Å². The van der Waals surface area contributed by atoms with Gasteiger partial charge in [0, 0.05) is 23.6 Å². The van der Waals surface area contributed by atoms with E-state index in [-0.39, 0.29) is 12.3 Å². The fourth-order valence-corrected chi connectivity index (χ4v) is 4.72. The molecule has 0 atom stereocenters. The number of nitrogens with zero attached hydrogens (tertiary/aromatic N) is 3. The maximum Gasteiger partial charge on any atom is 0.341 e. The molecule has 2 heterocycles. The summed E-state index contributed by atoms with van der Waals surface area (Å²) in [5.74, 6) is -2.95. The van der Waals surface area contributed by atoms with Gasteiger partial charge in [0.05, 0.1) is 5.39 Å². The van der Waals surface area contributed by atoms with Crippen LogP contribution in [0.5, 0.6) is 5.88 Å². The highest BCUT2D eigenvalue weighted by atomic mass is 32.2. The van der Waals surface area contributed by atoms with Gasteiger partial charge in [-0.25, -0.2) is 9.78 Å². The molecule has 0 saturated carbocycles. The zero-order valence-corrected chi connectivity index (χ0v) is 20.3. The van der Waals surface area contributed by atoms with E-state index >= 15 is 0 Å². The minimum absolute atomic E-state index is 0.0367. The van der Waals surface area contributed by atoms with Gasteiger partial charge in [0.15, 0.2) is 11.8 Å². The number of ketones is 1. The normalized spacial score (nSPS) is 10.9. The van der Waals surface area contributed by atoms with Gasteiger partial charge in [-0.3, -0.25) is 9.59 Å². The first-order valence-electron chi connectivity index (χ1n) is 11.2. The Balaban J connectivity index is 1.96. The molecule has 4 aromatic rings. The number of carboxylic acid groups (broad SMARTS) is 1. The molecule has 0 unspecified atom stereocenters. The predicted octanol–water partition coefficient (Wildman–Crippen LogP) is 3.25. The molecular formula is C26H24N4O5S. The zero-order chi connectivity index (χ0) is 25.7. The van der Waals surface area contributed by atoms with E-state index in [1.54, 1.807) is 0 Å². The van der Waals surface area contributed by atoms with Gasteiger partial charge in [0.2, 0.25) is 11.7 Å². The van der Waals surface area contributed by atoms with Gasteiger partial charge in [0.25, 0.3) is 5.91 Å². The Labute approximate surface area is 211 Å². The summed E-state index contributed by atoms with van der Waals surface area (Å²) in [5.41, 5.74) is 8.01. The van der Waals surface area contributed by atoms with Crippen LogP contribution in [-0.2, 0) is 33.8 Å². The van der Waals surface area contributed by atoms with Crippen molar-refractivity contribution >= 4 is 40.5 Å². The van der Waals surface area contributed by atoms with Crippen LogP contribution in [0.1, 0.15) is 23.7 Å². The van der Waals surface area contributed by atoms with Gasteiger partial charge in [0.1, 0.15) is 5.65 Å². The number of hydrogen-bond donors (Lipinski definition) is 2. The second kappa shape index (κ2) is 11.0. The number of benzene rings is 2. The number of hydrogen-bond acceptors (Lipinski definition) is 7. The fraction of sp³-hybridized carbons (Fsp3) is 0.192. The van der Waals surface area contributed by atoms with Gasteiger partial charge >= 0.3 is 5.97 Å². The topological polar surface area (TPSA) is 137 Å². The number of primary amides is 1. The molecule has 0 fully saturated rings. The number of carbonyl (C=O) groups excluding carboxylic acids is 2. The van der Waals surface area contributed by atoms with Gasteiger partial charge < -0.3 is 20.1 Å². The summed E-state index contributed by atoms with van der Waals surface area (Å²) in [5, 5.41) is 10.0. The zero-order valence-electron chi connectivity index (χ0n) is 19.5. The lowest BCUT2D eigenvalue weighted by molar-refractivity contribution is -0.139. The third kappa shape index (κ3) is 5.55. The SMILES string of the molecule is CCc1c(CC(=O)C(N)=O)c2c(OCC(=O)O)nc(Sc3ccccc3)nc2n1Cc1ccccc1. The number of aromatic nitrogens is 3. The maximum absolute atomic E-state index is 12.4. The fourth-order valence-electron chi connectivity index (χ4n) is 3.96. The summed E-state index contributed by atoms with van der Waals surface area (Å²) in [6.45, 7) is 1.74. The summed E-state index contributed by atoms with van der Waals surface area (Å²) >= 11 is 1.30. The first kappa shape index (κ1) is 24.9. The highest BCUT2D eigenvalue weighted by Gasteiger charge is 2.26. The van der Waals surface area contributed by atoms with Gasteiger partial charge in [-0.05, 0) is 41.4 Å². The van der Waals surface area contributed by atoms with Crippen molar-refractivity contribution in [2.24, 2.45) is 5.73 Å². The van der Waals surface area contributed by atoms with Gasteiger partial charge in [-0.2, -0.15) is 4.98 Å². The first-order chi connectivity index (χ1) is 17.4. The van der Waals surface area contributed by atoms with Crippen LogP contribution >= 0.6 is 11.8 Å². The molecule has 0 bridgehead atoms. The Morgan fingerprint density at radius 1 is 1.03 bits per heavy atom. The number of ether oxygens (including phenoxy) is 1. The molecule has 0 aliphatic carbocycles. The van der Waals surface area contributed by atoms with Crippen LogP contribution in [-0.4, -0.2) is 43.9 Å². The standard InChI is InChI=1S/C26H24N4O5S/c1-2-19-18(13-20(31)23(27)34)22-24(30(19)14-16-9-5-3-6-10-16)28-26(29-25(22)35-15-21(32)33)36-17-11-7-4-8-12-17/h3-12H,2,13-15H2,1H3,(H2,27,34)(H,32,33). The molecule has 0 aliphatic heterocycles. The number of aliphatic carboxylic acids is 1. The third-order valence-electron chi connectivity index (χ3n) is 5.48. The number of fused-ring (bicyclic) bond motifs is 1. The van der Waals surface area contributed by atoms with Crippen LogP contribution in [0.4, 0.5) is 0 Å². The quantitative estimate of drug-likeness (QED) is 0.235. The predicted molar refractivity (Wildman–Crippen MR) is 134 cm³/mol. The minimum Gasteiger partial charge on any atom is -0.479 e. The average Bonchev–Trinajstić information content (AvgIpc) is 3.15. The Morgan fingerprint density at radius 3 is 2.31 bits per heavy atom. The lowest BCUT2D eigenvalue weighted by Crippen LogP contribution is -2.25. The number of nitrogens with two attached hydrogens (primary N) is 1. The van der Waals surface area contributed by atoms with Crippen molar-refractivity contribution in [1.82, 2.24) is 14.5 Å². The van der Waals surface area contributed by atoms with Gasteiger partial charge in [-0.1, -0.05) is 55.5 Å². The van der Waals surface area contributed by atoms with Crippen molar-refractivity contribution in [3.63, 3.8) is 0 Å². The van der Waals surface area contributed by atoms with Crippen LogP contribution in [0.2, 0.25) is 0 Å². The molecule has 9 nitrogen and oxygen atoms in total. The van der Waals surface area contributed by atoms with Crippen molar-refractivity contribution < 1.29 is 24.2 Å². The maximum atomic E-state index is 12.4. The lowest BCUT2D eigenvalue weighted by atomic mass is 10.0. The third-order valence-corrected chi connectivity index (χ3v) is 6.36. The highest BCUT2D eigenvalue weighted by Crippen LogP contribution is 2.36. The molecule has 2 aromatic heterocycles. The lowest BCUT2D eigenvalue weighted by Gasteiger charge is -2.11. The van der Waals surface area contributed by atoms with E-state index in [2.05, 4.69) is 4.98 Å². The molecule has 0 saturated heterocycles. The average molecular weight is 505 g/mol. The van der Waals surface area contributed by atoms with Crippen LogP contribution in [0, 0.1) is 0 Å². The number of rotatable bonds is 11. The van der Waals surface area contributed by atoms with E-state index in [4.69, 9.17) is 15.5 Å². The van der Waals surface area contributed by atoms with Crippen LogP contribution in [0.15, 0.2) is 70.7 Å². The largest absolute Gasteiger partial charge is 0.479 e. The molecule has 0 spiro atoms. The second-order valence-electron chi connectivity index (χ2n) is 7.92. The van der Waals surface area contributed by atoms with Crippen molar-refractivity contribution in [3.05, 3.63) is 77.5 Å². The van der Waals surface area contributed by atoms with E-state index in [1.165, 1.54) is 11.8 Å². The van der Waals surface area contributed by atoms with Crippen LogP contribution in [0.3, 0.4) is 0 Å². The van der Waals surface area contributed by atoms with Crippen molar-refractivity contribution in [2.75, 3.05) is 6.61 Å². The molecule has 2 aromatic carbocycles. The smallest absolute Gasteiger partial charge is 0.341 e. The number of carbonyl (C=O) groups is 3. The summed E-state index contributed by atoms with van der Waals surface area (Å²) in [6, 6.07) is 19.2. The molecule has 4 rings (SSSR count). The Hall–Kier alpha value is -4.18.